The van der Waals surface area contributed by atoms with Crippen LogP contribution in [0.4, 0.5) is 0 Å². The van der Waals surface area contributed by atoms with Crippen LogP contribution in [0.25, 0.3) is 21.1 Å². The Morgan fingerprint density at radius 1 is 1.19 bits per heavy atom. The van der Waals surface area contributed by atoms with E-state index in [0.717, 1.165) is 14.9 Å². The van der Waals surface area contributed by atoms with Crippen molar-refractivity contribution in [1.29, 1.82) is 0 Å². The highest BCUT2D eigenvalue weighted by molar-refractivity contribution is 7.16. The van der Waals surface area contributed by atoms with E-state index in [4.69, 9.17) is 0 Å². The smallest absolute Gasteiger partial charge is 0.278 e. The van der Waals surface area contributed by atoms with E-state index >= 15 is 0 Å². The molecule has 0 bridgehead atoms. The summed E-state index contributed by atoms with van der Waals surface area (Å²) in [6.45, 7) is -0.255. The zero-order valence-electron chi connectivity index (χ0n) is 13.8. The summed E-state index contributed by atoms with van der Waals surface area (Å²) < 4.78 is 3.99. The largest absolute Gasteiger partial charge is 0.318 e. The van der Waals surface area contributed by atoms with Gasteiger partial charge in [0.2, 0.25) is 4.80 Å². The molecule has 0 aliphatic carbocycles. The van der Waals surface area contributed by atoms with E-state index in [0.29, 0.717) is 15.7 Å². The molecule has 9 heteroatoms. The molecule has 130 valence electrons. The third-order valence-corrected chi connectivity index (χ3v) is 5.03. The van der Waals surface area contributed by atoms with Crippen molar-refractivity contribution < 1.29 is 4.79 Å². The molecular weight excluding hydrogens is 352 g/mol. The summed E-state index contributed by atoms with van der Waals surface area (Å²) in [6, 6.07) is 14.7. The van der Waals surface area contributed by atoms with Gasteiger partial charge in [0, 0.05) is 7.05 Å². The number of nitrogens with one attached hydrogen (secondary N) is 1. The SMILES string of the molecule is Cn1/c(=N/NC(=O)Cn2nnc3ccccc3c2=O)sc2ccccc21. The number of rotatable bonds is 3. The molecule has 8 nitrogen and oxygen atoms in total. The average Bonchev–Trinajstić information content (AvgIpc) is 2.99. The second-order valence-electron chi connectivity index (χ2n) is 5.63. The standard InChI is InChI=1S/C17H14N6O2S/c1-22-13-8-4-5-9-14(13)26-17(22)20-19-15(24)10-23-16(25)11-6-2-3-7-12(11)18-21-23/h2-9H,10H2,1H3,(H,19,24)/b20-17-. The van der Waals surface area contributed by atoms with Crippen molar-refractivity contribution in [3.05, 3.63) is 63.7 Å². The molecule has 0 spiro atoms. The molecule has 2 aromatic heterocycles. The topological polar surface area (TPSA) is 94.2 Å². The summed E-state index contributed by atoms with van der Waals surface area (Å²) in [7, 11) is 1.88. The number of amides is 1. The van der Waals surface area contributed by atoms with Crippen LogP contribution in [0.5, 0.6) is 0 Å². The minimum absolute atomic E-state index is 0.255. The summed E-state index contributed by atoms with van der Waals surface area (Å²) in [4.78, 5) is 25.2. The Hall–Kier alpha value is -3.33. The highest BCUT2D eigenvalue weighted by atomic mass is 32.1. The molecule has 2 heterocycles. The lowest BCUT2D eigenvalue weighted by molar-refractivity contribution is -0.122. The van der Waals surface area contributed by atoms with Gasteiger partial charge in [-0.3, -0.25) is 9.59 Å². The molecule has 1 N–H and O–H groups in total. The van der Waals surface area contributed by atoms with E-state index in [-0.39, 0.29) is 12.1 Å². The van der Waals surface area contributed by atoms with E-state index in [2.05, 4.69) is 20.8 Å². The normalized spacial score (nSPS) is 12.0. The number of carbonyl (C=O) groups is 1. The maximum Gasteiger partial charge on any atom is 0.278 e. The van der Waals surface area contributed by atoms with E-state index in [1.165, 1.54) is 11.3 Å². The van der Waals surface area contributed by atoms with Gasteiger partial charge >= 0.3 is 0 Å². The van der Waals surface area contributed by atoms with Gasteiger partial charge in [-0.1, -0.05) is 40.8 Å². The zero-order valence-corrected chi connectivity index (χ0v) is 14.6. The lowest BCUT2D eigenvalue weighted by Gasteiger charge is -2.03. The number of hydrogen-bond acceptors (Lipinski definition) is 6. The van der Waals surface area contributed by atoms with Crippen LogP contribution in [0, 0.1) is 0 Å². The van der Waals surface area contributed by atoms with Crippen LogP contribution < -0.4 is 15.8 Å². The second-order valence-corrected chi connectivity index (χ2v) is 6.64. The molecule has 26 heavy (non-hydrogen) atoms. The molecule has 0 saturated heterocycles. The Bertz CT molecular complexity index is 1250. The molecule has 0 unspecified atom stereocenters. The van der Waals surface area contributed by atoms with Gasteiger partial charge in [0.25, 0.3) is 11.5 Å². The molecule has 0 fully saturated rings. The van der Waals surface area contributed by atoms with Gasteiger partial charge in [0.1, 0.15) is 12.1 Å². The van der Waals surface area contributed by atoms with Gasteiger partial charge in [-0.15, -0.1) is 10.2 Å². The van der Waals surface area contributed by atoms with Gasteiger partial charge in [0.15, 0.2) is 0 Å². The van der Waals surface area contributed by atoms with Crippen LogP contribution in [0.3, 0.4) is 0 Å². The van der Waals surface area contributed by atoms with Crippen molar-refractivity contribution in [2.45, 2.75) is 6.54 Å². The Labute approximate surface area is 151 Å². The monoisotopic (exact) mass is 366 g/mol. The van der Waals surface area contributed by atoms with Crippen LogP contribution in [0.15, 0.2) is 58.4 Å². The Morgan fingerprint density at radius 3 is 2.81 bits per heavy atom. The predicted octanol–water partition coefficient (Wildman–Crippen LogP) is 0.977. The van der Waals surface area contributed by atoms with Gasteiger partial charge in [-0.2, -0.15) is 0 Å². The molecule has 0 saturated carbocycles. The van der Waals surface area contributed by atoms with Crippen LogP contribution >= 0.6 is 11.3 Å². The third kappa shape index (κ3) is 2.88. The molecule has 0 radical (unpaired) electrons. The molecule has 0 atom stereocenters. The fourth-order valence-electron chi connectivity index (χ4n) is 2.60. The first kappa shape index (κ1) is 16.2. The van der Waals surface area contributed by atoms with E-state index < -0.39 is 5.91 Å². The number of aryl methyl sites for hydroxylation is 1. The van der Waals surface area contributed by atoms with Crippen molar-refractivity contribution in [2.24, 2.45) is 12.1 Å². The molecule has 4 aromatic rings. The number of thiazole rings is 1. The van der Waals surface area contributed by atoms with Crippen LogP contribution in [0.1, 0.15) is 0 Å². The number of hydrogen-bond donors (Lipinski definition) is 1. The van der Waals surface area contributed by atoms with E-state index in [9.17, 15) is 9.59 Å². The Morgan fingerprint density at radius 2 is 1.96 bits per heavy atom. The third-order valence-electron chi connectivity index (χ3n) is 3.91. The fourth-order valence-corrected chi connectivity index (χ4v) is 3.58. The number of fused-ring (bicyclic) bond motifs is 2. The molecule has 2 aromatic carbocycles. The van der Waals surface area contributed by atoms with Gasteiger partial charge in [-0.05, 0) is 24.3 Å². The van der Waals surface area contributed by atoms with Gasteiger partial charge < -0.3 is 4.57 Å². The number of aromatic nitrogens is 4. The maximum atomic E-state index is 12.4. The van der Waals surface area contributed by atoms with Crippen molar-refractivity contribution in [3.8, 4) is 0 Å². The maximum absolute atomic E-state index is 12.4. The molecular formula is C17H14N6O2S. The van der Waals surface area contributed by atoms with Crippen LogP contribution in [0.2, 0.25) is 0 Å². The first-order chi connectivity index (χ1) is 12.6. The lowest BCUT2D eigenvalue weighted by Crippen LogP contribution is -2.33. The first-order valence-corrected chi connectivity index (χ1v) is 8.65. The minimum Gasteiger partial charge on any atom is -0.318 e. The van der Waals surface area contributed by atoms with Gasteiger partial charge in [-0.25, -0.2) is 10.1 Å². The number of benzene rings is 2. The number of para-hydroxylation sites is 1. The summed E-state index contributed by atoms with van der Waals surface area (Å²) in [5, 5.41) is 12.3. The van der Waals surface area contributed by atoms with Gasteiger partial charge in [0.05, 0.1) is 15.6 Å². The summed E-state index contributed by atoms with van der Waals surface area (Å²) in [5.74, 6) is -0.450. The highest BCUT2D eigenvalue weighted by Crippen LogP contribution is 2.14. The minimum atomic E-state index is -0.450. The van der Waals surface area contributed by atoms with Crippen molar-refractivity contribution >= 4 is 38.4 Å². The quantitative estimate of drug-likeness (QED) is 0.547. The molecule has 0 aliphatic heterocycles. The second kappa shape index (κ2) is 6.52. The summed E-state index contributed by atoms with van der Waals surface area (Å²) in [5.41, 5.74) is 3.64. The van der Waals surface area contributed by atoms with Crippen LogP contribution in [-0.4, -0.2) is 25.5 Å². The lowest BCUT2D eigenvalue weighted by atomic mass is 10.2. The zero-order chi connectivity index (χ0) is 18.1. The Kier molecular flexibility index (Phi) is 4.05. The number of carbonyl (C=O) groups excluding carboxylic acids is 1. The number of nitrogens with zero attached hydrogens (tertiary/aromatic N) is 5. The molecule has 4 rings (SSSR count). The fraction of sp³-hybridized carbons (Fsp3) is 0.118. The predicted molar refractivity (Wildman–Crippen MR) is 98.3 cm³/mol. The highest BCUT2D eigenvalue weighted by Gasteiger charge is 2.09. The van der Waals surface area contributed by atoms with E-state index in [1.54, 1.807) is 24.3 Å². The Balaban J connectivity index is 1.58. The summed E-state index contributed by atoms with van der Waals surface area (Å²) in [6.07, 6.45) is 0. The van der Waals surface area contributed by atoms with Crippen molar-refractivity contribution in [1.82, 2.24) is 25.0 Å². The first-order valence-electron chi connectivity index (χ1n) is 7.83. The van der Waals surface area contributed by atoms with Crippen LogP contribution in [-0.2, 0) is 18.4 Å². The summed E-state index contributed by atoms with van der Waals surface area (Å²) >= 11 is 1.46. The van der Waals surface area contributed by atoms with E-state index in [1.807, 2.05) is 35.9 Å². The molecule has 0 aliphatic rings. The average molecular weight is 366 g/mol. The molecule has 1 amide bonds. The van der Waals surface area contributed by atoms with Crippen molar-refractivity contribution in [3.63, 3.8) is 0 Å². The van der Waals surface area contributed by atoms with Crippen molar-refractivity contribution in [2.75, 3.05) is 0 Å².